The molecule has 0 heterocycles. The number of aliphatic carboxylic acids is 1. The topological polar surface area (TPSA) is 66.8 Å². The lowest BCUT2D eigenvalue weighted by molar-refractivity contribution is -0.132. The second kappa shape index (κ2) is 7.28. The first-order valence-corrected chi connectivity index (χ1v) is 6.01. The van der Waals surface area contributed by atoms with Crippen molar-refractivity contribution in [3.05, 3.63) is 35.7 Å². The summed E-state index contributed by atoms with van der Waals surface area (Å²) in [6.45, 7) is 2.12. The van der Waals surface area contributed by atoms with Gasteiger partial charge in [0.1, 0.15) is 0 Å². The molecule has 0 spiro atoms. The summed E-state index contributed by atoms with van der Waals surface area (Å²) in [4.78, 5) is 23.3. The summed E-state index contributed by atoms with van der Waals surface area (Å²) < 4.78 is 18.8. The van der Waals surface area contributed by atoms with E-state index in [0.29, 0.717) is 12.1 Å². The fraction of sp³-hybridized carbons (Fsp3) is 0.286. The SMILES string of the molecule is CCN(C)C(=O)COc1ccc(/C=C/C(=O)O)cc1F. The van der Waals surface area contributed by atoms with Crippen molar-refractivity contribution in [2.45, 2.75) is 6.92 Å². The summed E-state index contributed by atoms with van der Waals surface area (Å²) in [6, 6.07) is 4.00. The number of amides is 1. The fourth-order valence-electron chi connectivity index (χ4n) is 1.33. The molecular weight excluding hydrogens is 265 g/mol. The second-order valence-electron chi connectivity index (χ2n) is 4.06. The number of rotatable bonds is 6. The summed E-state index contributed by atoms with van der Waals surface area (Å²) in [7, 11) is 1.63. The number of carboxylic acids is 1. The van der Waals surface area contributed by atoms with Crippen molar-refractivity contribution in [2.75, 3.05) is 20.2 Å². The second-order valence-corrected chi connectivity index (χ2v) is 4.06. The Bertz CT molecular complexity index is 528. The smallest absolute Gasteiger partial charge is 0.328 e. The molecule has 6 heteroatoms. The summed E-state index contributed by atoms with van der Waals surface area (Å²) in [5, 5.41) is 8.47. The van der Waals surface area contributed by atoms with Crippen LogP contribution in [0.4, 0.5) is 4.39 Å². The van der Waals surface area contributed by atoms with Gasteiger partial charge in [0.25, 0.3) is 5.91 Å². The third kappa shape index (κ3) is 4.72. The van der Waals surface area contributed by atoms with Crippen LogP contribution in [0.3, 0.4) is 0 Å². The highest BCUT2D eigenvalue weighted by atomic mass is 19.1. The van der Waals surface area contributed by atoms with Crippen LogP contribution in [0.5, 0.6) is 5.75 Å². The van der Waals surface area contributed by atoms with Gasteiger partial charge < -0.3 is 14.7 Å². The van der Waals surface area contributed by atoms with Crippen LogP contribution in [0.25, 0.3) is 6.08 Å². The van der Waals surface area contributed by atoms with Crippen molar-refractivity contribution in [3.8, 4) is 5.75 Å². The molecule has 5 nitrogen and oxygen atoms in total. The normalized spacial score (nSPS) is 10.6. The van der Waals surface area contributed by atoms with Gasteiger partial charge in [0.05, 0.1) is 0 Å². The van der Waals surface area contributed by atoms with Crippen molar-refractivity contribution in [1.82, 2.24) is 4.90 Å². The quantitative estimate of drug-likeness (QED) is 0.807. The van der Waals surface area contributed by atoms with E-state index >= 15 is 0 Å². The number of hydrogen-bond acceptors (Lipinski definition) is 3. The van der Waals surface area contributed by atoms with Crippen LogP contribution in [-0.4, -0.2) is 42.1 Å². The molecule has 0 saturated carbocycles. The number of carbonyl (C=O) groups excluding carboxylic acids is 1. The monoisotopic (exact) mass is 281 g/mol. The molecule has 20 heavy (non-hydrogen) atoms. The Labute approximate surface area is 116 Å². The molecule has 0 bridgehead atoms. The minimum atomic E-state index is -1.11. The molecule has 108 valence electrons. The maximum Gasteiger partial charge on any atom is 0.328 e. The third-order valence-corrected chi connectivity index (χ3v) is 2.63. The molecular formula is C14H16FNO4. The van der Waals surface area contributed by atoms with Crippen LogP contribution in [0.15, 0.2) is 24.3 Å². The minimum absolute atomic E-state index is 0.0460. The van der Waals surface area contributed by atoms with Gasteiger partial charge in [0.2, 0.25) is 0 Å². The Morgan fingerprint density at radius 3 is 2.70 bits per heavy atom. The zero-order valence-electron chi connectivity index (χ0n) is 11.3. The van der Waals surface area contributed by atoms with E-state index in [1.54, 1.807) is 7.05 Å². The van der Waals surface area contributed by atoms with Gasteiger partial charge >= 0.3 is 5.97 Å². The molecule has 0 aliphatic heterocycles. The van der Waals surface area contributed by atoms with Gasteiger partial charge in [-0.05, 0) is 30.7 Å². The molecule has 0 aromatic heterocycles. The zero-order chi connectivity index (χ0) is 15.1. The van der Waals surface area contributed by atoms with E-state index in [1.807, 2.05) is 6.92 Å². The average molecular weight is 281 g/mol. The molecule has 0 aliphatic carbocycles. The Morgan fingerprint density at radius 2 is 2.15 bits per heavy atom. The predicted molar refractivity (Wildman–Crippen MR) is 71.9 cm³/mol. The van der Waals surface area contributed by atoms with Crippen LogP contribution in [0.1, 0.15) is 12.5 Å². The van der Waals surface area contributed by atoms with Crippen LogP contribution in [-0.2, 0) is 9.59 Å². The largest absolute Gasteiger partial charge is 0.481 e. The lowest BCUT2D eigenvalue weighted by atomic mass is 10.2. The highest BCUT2D eigenvalue weighted by Gasteiger charge is 2.10. The minimum Gasteiger partial charge on any atom is -0.481 e. The van der Waals surface area contributed by atoms with Crippen LogP contribution in [0.2, 0.25) is 0 Å². The predicted octanol–water partition coefficient (Wildman–Crippen LogP) is 1.78. The maximum atomic E-state index is 13.7. The van der Waals surface area contributed by atoms with Gasteiger partial charge in [-0.15, -0.1) is 0 Å². The number of likely N-dealkylation sites (N-methyl/N-ethyl adjacent to an activating group) is 1. The Balaban J connectivity index is 2.69. The number of ether oxygens (including phenoxy) is 1. The van der Waals surface area contributed by atoms with Crippen molar-refractivity contribution in [3.63, 3.8) is 0 Å². The average Bonchev–Trinajstić information content (AvgIpc) is 2.42. The highest BCUT2D eigenvalue weighted by Crippen LogP contribution is 2.19. The van der Waals surface area contributed by atoms with Gasteiger partial charge in [0, 0.05) is 19.7 Å². The molecule has 0 radical (unpaired) electrons. The first-order chi connectivity index (χ1) is 9.43. The lowest BCUT2D eigenvalue weighted by Crippen LogP contribution is -2.31. The van der Waals surface area contributed by atoms with Crippen LogP contribution in [0, 0.1) is 5.82 Å². The molecule has 0 aliphatic rings. The molecule has 1 aromatic rings. The number of hydrogen-bond donors (Lipinski definition) is 1. The van der Waals surface area contributed by atoms with E-state index in [2.05, 4.69) is 0 Å². The van der Waals surface area contributed by atoms with Gasteiger partial charge in [0.15, 0.2) is 18.2 Å². The van der Waals surface area contributed by atoms with Crippen molar-refractivity contribution in [1.29, 1.82) is 0 Å². The maximum absolute atomic E-state index is 13.7. The van der Waals surface area contributed by atoms with Crippen LogP contribution < -0.4 is 4.74 Å². The van der Waals surface area contributed by atoms with E-state index in [9.17, 15) is 14.0 Å². The highest BCUT2D eigenvalue weighted by molar-refractivity contribution is 5.85. The molecule has 1 amide bonds. The van der Waals surface area contributed by atoms with E-state index in [0.717, 1.165) is 12.1 Å². The molecule has 1 aromatic carbocycles. The van der Waals surface area contributed by atoms with E-state index in [4.69, 9.17) is 9.84 Å². The van der Waals surface area contributed by atoms with Crippen molar-refractivity contribution >= 4 is 18.0 Å². The Hall–Kier alpha value is -2.37. The fourth-order valence-corrected chi connectivity index (χ4v) is 1.33. The molecule has 0 atom stereocenters. The number of nitrogens with zero attached hydrogens (tertiary/aromatic N) is 1. The number of carbonyl (C=O) groups is 2. The summed E-state index contributed by atoms with van der Waals surface area (Å²) in [5.74, 6) is -2.06. The lowest BCUT2D eigenvalue weighted by Gasteiger charge is -2.15. The van der Waals surface area contributed by atoms with Gasteiger partial charge in [-0.3, -0.25) is 4.79 Å². The molecule has 0 unspecified atom stereocenters. The summed E-state index contributed by atoms with van der Waals surface area (Å²) in [5.41, 5.74) is 0.397. The van der Waals surface area contributed by atoms with Crippen LogP contribution >= 0.6 is 0 Å². The van der Waals surface area contributed by atoms with Gasteiger partial charge in [-0.25, -0.2) is 9.18 Å². The van der Waals surface area contributed by atoms with Gasteiger partial charge in [-0.1, -0.05) is 6.07 Å². The number of carboxylic acid groups (broad SMARTS) is 1. The van der Waals surface area contributed by atoms with Crippen molar-refractivity contribution < 1.29 is 23.8 Å². The first kappa shape index (κ1) is 15.7. The number of benzene rings is 1. The first-order valence-electron chi connectivity index (χ1n) is 6.01. The molecule has 0 fully saturated rings. The standard InChI is InChI=1S/C14H16FNO4/c1-3-16(2)13(17)9-20-12-6-4-10(8-11(12)15)5-7-14(18)19/h4-8H,3,9H2,1-2H3,(H,18,19)/b7-5+. The molecule has 1 N–H and O–H groups in total. The molecule has 0 saturated heterocycles. The Morgan fingerprint density at radius 1 is 1.45 bits per heavy atom. The zero-order valence-corrected chi connectivity index (χ0v) is 11.3. The summed E-state index contributed by atoms with van der Waals surface area (Å²) >= 11 is 0. The Kier molecular flexibility index (Phi) is 5.71. The summed E-state index contributed by atoms with van der Waals surface area (Å²) in [6.07, 6.45) is 2.18. The van der Waals surface area contributed by atoms with E-state index in [-0.39, 0.29) is 18.3 Å². The third-order valence-electron chi connectivity index (χ3n) is 2.63. The van der Waals surface area contributed by atoms with E-state index in [1.165, 1.54) is 23.1 Å². The van der Waals surface area contributed by atoms with E-state index < -0.39 is 11.8 Å². The molecule has 1 rings (SSSR count). The van der Waals surface area contributed by atoms with Crippen molar-refractivity contribution in [2.24, 2.45) is 0 Å². The number of halogens is 1. The van der Waals surface area contributed by atoms with Gasteiger partial charge in [-0.2, -0.15) is 0 Å².